The summed E-state index contributed by atoms with van der Waals surface area (Å²) in [6, 6.07) is 2.13. The number of rotatable bonds is 4. The lowest BCUT2D eigenvalue weighted by molar-refractivity contribution is -0.293. The van der Waals surface area contributed by atoms with Gasteiger partial charge in [0.1, 0.15) is 0 Å². The zero-order valence-electron chi connectivity index (χ0n) is 12.9. The molecule has 2 rings (SSSR count). The lowest BCUT2D eigenvalue weighted by atomic mass is 10.2. The number of hydrogen-bond donors (Lipinski definition) is 1. The summed E-state index contributed by atoms with van der Waals surface area (Å²) < 4.78 is 89.8. The molecule has 1 N–H and O–H groups in total. The molecular weight excluding hydrogens is 430 g/mol. The first kappa shape index (κ1) is 20.6. The quantitative estimate of drug-likeness (QED) is 0.736. The van der Waals surface area contributed by atoms with Crippen LogP contribution in [0.3, 0.4) is 0 Å². The number of nitrogens with zero attached hydrogens (tertiary/aromatic N) is 3. The van der Waals surface area contributed by atoms with Crippen LogP contribution in [0, 0.1) is 0 Å². The van der Waals surface area contributed by atoms with Gasteiger partial charge in [0.05, 0.1) is 22.0 Å². The van der Waals surface area contributed by atoms with Crippen LogP contribution in [0.25, 0.3) is 11.4 Å². The van der Waals surface area contributed by atoms with Gasteiger partial charge < -0.3 is 4.57 Å². The summed E-state index contributed by atoms with van der Waals surface area (Å²) in [5.74, 6) is -7.34. The molecule has 1 aromatic heterocycles. The zero-order chi connectivity index (χ0) is 20.1. The number of sulfonamides is 1. The lowest BCUT2D eigenvalue weighted by Gasteiger charge is -2.18. The van der Waals surface area contributed by atoms with Crippen LogP contribution in [0.15, 0.2) is 12.1 Å². The maximum atomic E-state index is 13.5. The van der Waals surface area contributed by atoms with E-state index in [0.29, 0.717) is 4.57 Å². The molecule has 0 aliphatic carbocycles. The van der Waals surface area contributed by atoms with Gasteiger partial charge in [-0.05, 0) is 12.1 Å². The van der Waals surface area contributed by atoms with Gasteiger partial charge in [-0.15, -0.1) is 10.2 Å². The van der Waals surface area contributed by atoms with Gasteiger partial charge in [0.25, 0.3) is 0 Å². The average molecular weight is 439 g/mol. The van der Waals surface area contributed by atoms with Crippen molar-refractivity contribution in [2.24, 2.45) is 7.05 Å². The van der Waals surface area contributed by atoms with Crippen LogP contribution in [0.5, 0.6) is 0 Å². The third-order valence-electron chi connectivity index (χ3n) is 3.10. The summed E-state index contributed by atoms with van der Waals surface area (Å²) in [5, 5.41) is 5.95. The van der Waals surface area contributed by atoms with Crippen molar-refractivity contribution < 1.29 is 30.4 Å². The van der Waals surface area contributed by atoms with Gasteiger partial charge in [-0.1, -0.05) is 23.2 Å². The molecular formula is C12H9Cl2F5N4O2S. The predicted molar refractivity (Wildman–Crippen MR) is 84.9 cm³/mol. The van der Waals surface area contributed by atoms with Crippen molar-refractivity contribution in [1.29, 1.82) is 0 Å². The highest BCUT2D eigenvalue weighted by Crippen LogP contribution is 2.44. The Morgan fingerprint density at radius 2 is 1.65 bits per heavy atom. The fraction of sp³-hybridized carbons (Fsp3) is 0.333. The van der Waals surface area contributed by atoms with Crippen molar-refractivity contribution in [3.63, 3.8) is 0 Å². The minimum atomic E-state index is -5.88. The van der Waals surface area contributed by atoms with E-state index in [1.54, 1.807) is 0 Å². The first-order chi connectivity index (χ1) is 11.6. The van der Waals surface area contributed by atoms with E-state index in [0.717, 1.165) is 25.4 Å². The summed E-state index contributed by atoms with van der Waals surface area (Å²) in [7, 11) is -2.86. The molecule has 0 saturated carbocycles. The Morgan fingerprint density at radius 1 is 1.08 bits per heavy atom. The Balaban J connectivity index is 2.62. The van der Waals surface area contributed by atoms with E-state index in [2.05, 4.69) is 14.9 Å². The van der Waals surface area contributed by atoms with Crippen LogP contribution in [0.4, 0.5) is 27.6 Å². The second-order valence-corrected chi connectivity index (χ2v) is 7.73. The molecule has 2 aromatic rings. The van der Waals surface area contributed by atoms with Crippen molar-refractivity contribution in [2.75, 3.05) is 11.0 Å². The van der Waals surface area contributed by atoms with Gasteiger partial charge in [0, 0.05) is 12.6 Å². The Bertz CT molecular complexity index is 959. The van der Waals surface area contributed by atoms with Crippen LogP contribution < -0.4 is 4.72 Å². The maximum absolute atomic E-state index is 13.5. The van der Waals surface area contributed by atoms with Gasteiger partial charge in [-0.25, -0.2) is 8.42 Å². The van der Waals surface area contributed by atoms with Gasteiger partial charge >= 0.3 is 12.1 Å². The summed E-state index contributed by atoms with van der Waals surface area (Å²) in [4.78, 5) is 0. The van der Waals surface area contributed by atoms with E-state index in [-0.39, 0.29) is 21.3 Å². The number of alkyl halides is 5. The van der Waals surface area contributed by atoms with E-state index in [4.69, 9.17) is 23.2 Å². The highest BCUT2D eigenvalue weighted by Gasteiger charge is 2.62. The SMILES string of the molecule is Cn1c(-c2cc(NS(C)(=O)=O)c(Cl)cc2Cl)nnc1C(F)(F)C(F)(F)F. The summed E-state index contributed by atoms with van der Waals surface area (Å²) in [6.07, 6.45) is -5.04. The molecule has 0 amide bonds. The monoisotopic (exact) mass is 438 g/mol. The minimum Gasteiger partial charge on any atom is -0.309 e. The second kappa shape index (κ2) is 6.50. The van der Waals surface area contributed by atoms with Crippen LogP contribution in [0.2, 0.25) is 10.0 Å². The predicted octanol–water partition coefficient (Wildman–Crippen LogP) is 3.81. The highest BCUT2D eigenvalue weighted by molar-refractivity contribution is 7.92. The molecule has 14 heteroatoms. The fourth-order valence-corrected chi connectivity index (χ4v) is 3.10. The number of aromatic nitrogens is 3. The topological polar surface area (TPSA) is 76.9 Å². The normalized spacial score (nSPS) is 13.1. The molecule has 6 nitrogen and oxygen atoms in total. The number of hydrogen-bond acceptors (Lipinski definition) is 4. The van der Waals surface area contributed by atoms with E-state index < -0.39 is 33.8 Å². The zero-order valence-corrected chi connectivity index (χ0v) is 15.2. The van der Waals surface area contributed by atoms with Gasteiger partial charge in [0.2, 0.25) is 15.8 Å². The maximum Gasteiger partial charge on any atom is 0.461 e. The van der Waals surface area contributed by atoms with Crippen LogP contribution in [-0.4, -0.2) is 35.6 Å². The van der Waals surface area contributed by atoms with E-state index >= 15 is 0 Å². The second-order valence-electron chi connectivity index (χ2n) is 5.16. The molecule has 0 aliphatic heterocycles. The third-order valence-corrected chi connectivity index (χ3v) is 4.32. The molecule has 26 heavy (non-hydrogen) atoms. The smallest absolute Gasteiger partial charge is 0.309 e. The largest absolute Gasteiger partial charge is 0.461 e. The highest BCUT2D eigenvalue weighted by atomic mass is 35.5. The molecule has 1 heterocycles. The van der Waals surface area contributed by atoms with Crippen LogP contribution >= 0.6 is 23.2 Å². The third kappa shape index (κ3) is 3.86. The first-order valence-corrected chi connectivity index (χ1v) is 9.11. The molecule has 0 atom stereocenters. The Labute approximate surface area is 154 Å². The Morgan fingerprint density at radius 3 is 2.15 bits per heavy atom. The number of benzene rings is 1. The van der Waals surface area contributed by atoms with Crippen molar-refractivity contribution in [2.45, 2.75) is 12.1 Å². The summed E-state index contributed by atoms with van der Waals surface area (Å²) in [5.41, 5.74) is -0.317. The molecule has 0 spiro atoms. The minimum absolute atomic E-state index is 0.118. The van der Waals surface area contributed by atoms with Crippen molar-refractivity contribution in [1.82, 2.24) is 14.8 Å². The van der Waals surface area contributed by atoms with Gasteiger partial charge in [-0.2, -0.15) is 22.0 Å². The van der Waals surface area contributed by atoms with E-state index in [9.17, 15) is 30.4 Å². The first-order valence-electron chi connectivity index (χ1n) is 6.46. The molecule has 0 saturated heterocycles. The van der Waals surface area contributed by atoms with Crippen LogP contribution in [-0.2, 0) is 23.0 Å². The standard InChI is InChI=1S/C12H9Cl2F5N4O2S/c1-23-9(20-21-10(23)11(15,16)12(17,18)19)5-3-8(22-26(2,24)25)7(14)4-6(5)13/h3-4,22H,1-2H3. The van der Waals surface area contributed by atoms with Gasteiger partial charge in [-0.3, -0.25) is 4.72 Å². The molecule has 0 bridgehead atoms. The van der Waals surface area contributed by atoms with E-state index in [1.165, 1.54) is 0 Å². The lowest BCUT2D eigenvalue weighted by Crippen LogP contribution is -2.36. The summed E-state index contributed by atoms with van der Waals surface area (Å²) in [6.45, 7) is 0. The van der Waals surface area contributed by atoms with Crippen molar-refractivity contribution in [3.05, 3.63) is 28.0 Å². The van der Waals surface area contributed by atoms with Crippen LogP contribution in [0.1, 0.15) is 5.82 Å². The number of halogens is 7. The molecule has 0 fully saturated rings. The van der Waals surface area contributed by atoms with Crippen molar-refractivity contribution >= 4 is 38.9 Å². The fourth-order valence-electron chi connectivity index (χ4n) is 1.96. The van der Waals surface area contributed by atoms with Crippen molar-refractivity contribution in [3.8, 4) is 11.4 Å². The molecule has 1 aromatic carbocycles. The molecule has 0 radical (unpaired) electrons. The van der Waals surface area contributed by atoms with Gasteiger partial charge in [0.15, 0.2) is 5.82 Å². The molecule has 0 unspecified atom stereocenters. The number of anilines is 1. The molecule has 0 aliphatic rings. The average Bonchev–Trinajstić information content (AvgIpc) is 2.81. The summed E-state index contributed by atoms with van der Waals surface area (Å²) >= 11 is 11.8. The Kier molecular flexibility index (Phi) is 5.16. The molecule has 144 valence electrons. The van der Waals surface area contributed by atoms with E-state index in [1.807, 2.05) is 0 Å². The number of nitrogens with one attached hydrogen (secondary N) is 1. The Hall–Kier alpha value is -1.66.